The molecule has 2 aromatic carbocycles. The number of amides is 1. The molecular weight excluding hydrogens is 324 g/mol. The summed E-state index contributed by atoms with van der Waals surface area (Å²) in [6.45, 7) is 4.94. The third-order valence-electron chi connectivity index (χ3n) is 3.69. The number of rotatable bonds is 3. The monoisotopic (exact) mass is 342 g/mol. The summed E-state index contributed by atoms with van der Waals surface area (Å²) in [5, 5.41) is 0. The van der Waals surface area contributed by atoms with Crippen LogP contribution >= 0.6 is 23.1 Å². The van der Waals surface area contributed by atoms with E-state index in [4.69, 9.17) is 0 Å². The van der Waals surface area contributed by atoms with Crippen molar-refractivity contribution in [1.29, 1.82) is 0 Å². The Hall–Kier alpha value is -1.85. The van der Waals surface area contributed by atoms with Gasteiger partial charge in [-0.3, -0.25) is 4.79 Å². The van der Waals surface area contributed by atoms with Gasteiger partial charge in [0.2, 0.25) is 0 Å². The molecule has 0 aliphatic rings. The van der Waals surface area contributed by atoms with Crippen LogP contribution in [-0.2, 0) is 6.54 Å². The third-order valence-corrected chi connectivity index (χ3v) is 5.47. The average Bonchev–Trinajstić information content (AvgIpc) is 2.90. The van der Waals surface area contributed by atoms with Crippen LogP contribution < -0.4 is 4.80 Å². The Balaban J connectivity index is 2.07. The van der Waals surface area contributed by atoms with Gasteiger partial charge in [-0.1, -0.05) is 17.4 Å². The number of thioether (sulfide) groups is 1. The van der Waals surface area contributed by atoms with E-state index in [0.717, 1.165) is 26.5 Å². The molecule has 1 heterocycles. The smallest absolute Gasteiger partial charge is 0.279 e. The maximum Gasteiger partial charge on any atom is 0.279 e. The van der Waals surface area contributed by atoms with E-state index in [-0.39, 0.29) is 5.91 Å². The largest absolute Gasteiger partial charge is 0.317 e. The summed E-state index contributed by atoms with van der Waals surface area (Å²) in [4.78, 5) is 18.7. The normalized spacial score (nSPS) is 12.0. The van der Waals surface area contributed by atoms with Gasteiger partial charge in [0, 0.05) is 17.0 Å². The van der Waals surface area contributed by atoms with E-state index in [9.17, 15) is 4.79 Å². The van der Waals surface area contributed by atoms with Crippen molar-refractivity contribution in [2.24, 2.45) is 4.99 Å². The summed E-state index contributed by atoms with van der Waals surface area (Å²) in [6.07, 6.45) is 2.02. The molecule has 0 aliphatic carbocycles. The zero-order chi connectivity index (χ0) is 16.4. The number of benzene rings is 2. The number of carbonyl (C=O) groups excluding carboxylic acids is 1. The number of fused-ring (bicyclic) bond motifs is 1. The average molecular weight is 342 g/mol. The summed E-state index contributed by atoms with van der Waals surface area (Å²) >= 11 is 3.22. The second-order valence-electron chi connectivity index (χ2n) is 5.25. The van der Waals surface area contributed by atoms with Crippen molar-refractivity contribution in [2.45, 2.75) is 25.3 Å². The Morgan fingerprint density at radius 2 is 1.96 bits per heavy atom. The van der Waals surface area contributed by atoms with E-state index in [0.29, 0.717) is 5.56 Å². The van der Waals surface area contributed by atoms with Crippen LogP contribution in [0.2, 0.25) is 0 Å². The van der Waals surface area contributed by atoms with E-state index in [1.165, 1.54) is 5.56 Å². The fourth-order valence-electron chi connectivity index (χ4n) is 2.46. The number of carbonyl (C=O) groups is 1. The van der Waals surface area contributed by atoms with Crippen LogP contribution in [0.3, 0.4) is 0 Å². The predicted molar refractivity (Wildman–Crippen MR) is 98.3 cm³/mol. The molecule has 3 aromatic rings. The fourth-order valence-corrected chi connectivity index (χ4v) is 4.06. The fraction of sp³-hybridized carbons (Fsp3) is 0.222. The van der Waals surface area contributed by atoms with E-state index in [1.807, 2.05) is 30.5 Å². The molecule has 0 radical (unpaired) electrons. The number of aromatic nitrogens is 1. The van der Waals surface area contributed by atoms with Crippen molar-refractivity contribution in [3.8, 4) is 0 Å². The summed E-state index contributed by atoms with van der Waals surface area (Å²) in [5.41, 5.74) is 2.97. The van der Waals surface area contributed by atoms with Gasteiger partial charge in [0.05, 0.1) is 10.2 Å². The molecule has 5 heteroatoms. The molecule has 23 heavy (non-hydrogen) atoms. The van der Waals surface area contributed by atoms with Gasteiger partial charge in [0.1, 0.15) is 0 Å². The topological polar surface area (TPSA) is 34.4 Å². The van der Waals surface area contributed by atoms with Crippen LogP contribution in [0.4, 0.5) is 0 Å². The Bertz CT molecular complexity index is 920. The minimum atomic E-state index is -0.192. The van der Waals surface area contributed by atoms with Gasteiger partial charge < -0.3 is 4.57 Å². The first-order valence-electron chi connectivity index (χ1n) is 7.45. The van der Waals surface area contributed by atoms with Gasteiger partial charge in [0.25, 0.3) is 5.91 Å². The first kappa shape index (κ1) is 16.0. The zero-order valence-electron chi connectivity index (χ0n) is 13.4. The molecule has 0 N–H and O–H groups in total. The zero-order valence-corrected chi connectivity index (χ0v) is 15.0. The predicted octanol–water partition coefficient (Wildman–Crippen LogP) is 4.49. The quantitative estimate of drug-likeness (QED) is 0.657. The van der Waals surface area contributed by atoms with Crippen molar-refractivity contribution in [3.05, 3.63) is 58.4 Å². The molecular formula is C18H18N2OS2. The Morgan fingerprint density at radius 3 is 2.61 bits per heavy atom. The molecule has 3 rings (SSSR count). The molecule has 3 nitrogen and oxygen atoms in total. The van der Waals surface area contributed by atoms with Crippen molar-refractivity contribution < 1.29 is 4.79 Å². The van der Waals surface area contributed by atoms with Crippen LogP contribution in [0.25, 0.3) is 10.2 Å². The van der Waals surface area contributed by atoms with Crippen molar-refractivity contribution in [3.63, 3.8) is 0 Å². The molecule has 1 amide bonds. The molecule has 0 fully saturated rings. The number of hydrogen-bond donors (Lipinski definition) is 0. The number of hydrogen-bond acceptors (Lipinski definition) is 3. The Labute approximate surface area is 143 Å². The van der Waals surface area contributed by atoms with Crippen LogP contribution in [-0.4, -0.2) is 16.7 Å². The van der Waals surface area contributed by atoms with Crippen LogP contribution in [0.1, 0.15) is 22.8 Å². The standard InChI is InChI=1S/C18H18N2OS2/c1-4-20-15-10-5-12(2)11-16(15)23-18(20)19-17(21)13-6-8-14(22-3)9-7-13/h5-11H,4H2,1-3H3. The van der Waals surface area contributed by atoms with Crippen LogP contribution in [0.5, 0.6) is 0 Å². The summed E-state index contributed by atoms with van der Waals surface area (Å²) in [7, 11) is 0. The molecule has 0 bridgehead atoms. The van der Waals surface area contributed by atoms with Gasteiger partial charge in [-0.15, -0.1) is 11.8 Å². The molecule has 0 spiro atoms. The van der Waals surface area contributed by atoms with Gasteiger partial charge >= 0.3 is 0 Å². The molecule has 0 saturated heterocycles. The molecule has 0 aliphatic heterocycles. The molecule has 0 unspecified atom stereocenters. The van der Waals surface area contributed by atoms with Gasteiger partial charge in [-0.25, -0.2) is 0 Å². The lowest BCUT2D eigenvalue weighted by Gasteiger charge is -2.01. The lowest BCUT2D eigenvalue weighted by molar-refractivity contribution is 0.0998. The third kappa shape index (κ3) is 3.26. The Morgan fingerprint density at radius 1 is 1.22 bits per heavy atom. The molecule has 0 saturated carbocycles. The highest BCUT2D eigenvalue weighted by Crippen LogP contribution is 2.19. The highest BCUT2D eigenvalue weighted by atomic mass is 32.2. The summed E-state index contributed by atoms with van der Waals surface area (Å²) in [6, 6.07) is 13.9. The first-order valence-corrected chi connectivity index (χ1v) is 9.49. The van der Waals surface area contributed by atoms with E-state index < -0.39 is 0 Å². The minimum absolute atomic E-state index is 0.192. The number of nitrogens with zero attached hydrogens (tertiary/aromatic N) is 2. The second kappa shape index (κ2) is 6.72. The van der Waals surface area contributed by atoms with Gasteiger partial charge in [-0.05, 0) is 62.1 Å². The Kier molecular flexibility index (Phi) is 4.68. The van der Waals surface area contributed by atoms with Crippen molar-refractivity contribution in [1.82, 2.24) is 4.57 Å². The highest BCUT2D eigenvalue weighted by molar-refractivity contribution is 7.98. The van der Waals surface area contributed by atoms with Crippen LogP contribution in [0, 0.1) is 6.92 Å². The summed E-state index contributed by atoms with van der Waals surface area (Å²) < 4.78 is 3.25. The van der Waals surface area contributed by atoms with Crippen molar-refractivity contribution in [2.75, 3.05) is 6.26 Å². The first-order chi connectivity index (χ1) is 11.1. The summed E-state index contributed by atoms with van der Waals surface area (Å²) in [5.74, 6) is -0.192. The van der Waals surface area contributed by atoms with Gasteiger partial charge in [0.15, 0.2) is 4.80 Å². The molecule has 0 atom stereocenters. The van der Waals surface area contributed by atoms with E-state index in [1.54, 1.807) is 23.1 Å². The maximum absolute atomic E-state index is 12.4. The number of thiazole rings is 1. The van der Waals surface area contributed by atoms with Crippen LogP contribution in [0.15, 0.2) is 52.4 Å². The maximum atomic E-state index is 12.4. The lowest BCUT2D eigenvalue weighted by atomic mass is 10.2. The highest BCUT2D eigenvalue weighted by Gasteiger charge is 2.08. The van der Waals surface area contributed by atoms with E-state index >= 15 is 0 Å². The number of aryl methyl sites for hydroxylation is 2. The van der Waals surface area contributed by atoms with Crippen molar-refractivity contribution >= 4 is 39.2 Å². The van der Waals surface area contributed by atoms with E-state index in [2.05, 4.69) is 41.6 Å². The SMILES string of the molecule is CCn1c(=NC(=O)c2ccc(SC)cc2)sc2cc(C)ccc21. The second-order valence-corrected chi connectivity index (χ2v) is 7.13. The lowest BCUT2D eigenvalue weighted by Crippen LogP contribution is -2.15. The minimum Gasteiger partial charge on any atom is -0.317 e. The molecule has 118 valence electrons. The van der Waals surface area contributed by atoms with Gasteiger partial charge in [-0.2, -0.15) is 4.99 Å². The molecule has 1 aromatic heterocycles.